The van der Waals surface area contributed by atoms with Crippen LogP contribution in [0, 0.1) is 19.7 Å². The Hall–Kier alpha value is -4.33. The van der Waals surface area contributed by atoms with E-state index in [0.29, 0.717) is 42.4 Å². The molecule has 1 aliphatic heterocycles. The smallest absolute Gasteiger partial charge is 0.304 e. The van der Waals surface area contributed by atoms with Crippen molar-refractivity contribution in [2.75, 3.05) is 6.61 Å². The molecule has 0 amide bonds. The molecule has 3 aromatic carbocycles. The summed E-state index contributed by atoms with van der Waals surface area (Å²) >= 11 is 0. The highest BCUT2D eigenvalue weighted by Gasteiger charge is 2.32. The molecule has 2 atom stereocenters. The Morgan fingerprint density at radius 2 is 1.95 bits per heavy atom. The van der Waals surface area contributed by atoms with E-state index in [-0.39, 0.29) is 24.8 Å². The van der Waals surface area contributed by atoms with Crippen molar-refractivity contribution >= 4 is 5.97 Å². The molecule has 0 radical (unpaired) electrons. The predicted octanol–water partition coefficient (Wildman–Crippen LogP) is 6.69. The second kappa shape index (κ2) is 10.1. The zero-order chi connectivity index (χ0) is 27.1. The fourth-order valence-corrected chi connectivity index (χ4v) is 5.80. The van der Waals surface area contributed by atoms with Gasteiger partial charge in [0.1, 0.15) is 35.4 Å². The number of rotatable bonds is 8. The Morgan fingerprint density at radius 3 is 2.69 bits per heavy atom. The van der Waals surface area contributed by atoms with Crippen LogP contribution in [-0.4, -0.2) is 22.7 Å². The van der Waals surface area contributed by atoms with E-state index in [9.17, 15) is 4.79 Å². The molecule has 0 unspecified atom stereocenters. The van der Waals surface area contributed by atoms with Crippen molar-refractivity contribution in [2.45, 2.75) is 51.7 Å². The second-order valence-corrected chi connectivity index (χ2v) is 10.1. The molecule has 0 bridgehead atoms. The first-order valence-corrected chi connectivity index (χ1v) is 13.0. The van der Waals surface area contributed by atoms with Crippen LogP contribution in [-0.2, 0) is 17.8 Å². The van der Waals surface area contributed by atoms with E-state index in [4.69, 9.17) is 23.7 Å². The van der Waals surface area contributed by atoms with E-state index in [0.717, 1.165) is 39.1 Å². The van der Waals surface area contributed by atoms with Crippen LogP contribution in [0.25, 0.3) is 11.1 Å². The molecule has 1 aromatic heterocycles. The highest BCUT2D eigenvalue weighted by Crippen LogP contribution is 2.45. The van der Waals surface area contributed by atoms with Gasteiger partial charge < -0.3 is 23.7 Å². The maximum atomic E-state index is 15.2. The lowest BCUT2D eigenvalue weighted by Gasteiger charge is -2.19. The zero-order valence-electron chi connectivity index (χ0n) is 21.7. The lowest BCUT2D eigenvalue weighted by atomic mass is 9.90. The van der Waals surface area contributed by atoms with Crippen LogP contribution in [0.3, 0.4) is 0 Å². The fraction of sp³-hybridized carbons (Fsp3) is 0.290. The first-order chi connectivity index (χ1) is 18.9. The standard InChI is InChI=1S/C31H28FNO6/c1-17-11-21(37-16-28-33-9-10-36-28)12-18(2)30(17)23-5-7-25(32)31-24(23)6-8-26(31)39-20-3-4-22-19(13-29(34)35)15-38-27(22)14-20/h3-5,7,9-12,14,19,26H,6,8,13,15-16H2,1-2H3,(H,34,35)/t19-,26-/m1/s1. The number of aromatic nitrogens is 1. The summed E-state index contributed by atoms with van der Waals surface area (Å²) in [4.78, 5) is 15.2. The number of benzene rings is 3. The Balaban J connectivity index is 1.25. The molecule has 1 N–H and O–H groups in total. The molecule has 2 aliphatic rings. The van der Waals surface area contributed by atoms with Crippen LogP contribution in [0.2, 0.25) is 0 Å². The number of oxazole rings is 1. The van der Waals surface area contributed by atoms with Crippen molar-refractivity contribution in [3.8, 4) is 28.4 Å². The lowest BCUT2D eigenvalue weighted by molar-refractivity contribution is -0.137. The van der Waals surface area contributed by atoms with Gasteiger partial charge in [0.05, 0.1) is 19.2 Å². The number of carbonyl (C=O) groups is 1. The van der Waals surface area contributed by atoms with Crippen LogP contribution in [0.15, 0.2) is 59.3 Å². The molecule has 0 saturated carbocycles. The Bertz CT molecular complexity index is 1520. The average Bonchev–Trinajstić information content (AvgIpc) is 3.65. The first-order valence-electron chi connectivity index (χ1n) is 13.0. The number of carboxylic acids is 1. The summed E-state index contributed by atoms with van der Waals surface area (Å²) in [6.45, 7) is 4.63. The maximum Gasteiger partial charge on any atom is 0.304 e. The molecule has 39 heavy (non-hydrogen) atoms. The highest BCUT2D eigenvalue weighted by molar-refractivity contribution is 5.76. The van der Waals surface area contributed by atoms with Gasteiger partial charge in [-0.15, -0.1) is 0 Å². The quantitative estimate of drug-likeness (QED) is 0.272. The van der Waals surface area contributed by atoms with Gasteiger partial charge in [0.25, 0.3) is 0 Å². The van der Waals surface area contributed by atoms with Crippen LogP contribution in [0.4, 0.5) is 4.39 Å². The van der Waals surface area contributed by atoms with Gasteiger partial charge in [-0.25, -0.2) is 9.37 Å². The van der Waals surface area contributed by atoms with E-state index < -0.39 is 12.1 Å². The molecule has 2 heterocycles. The minimum atomic E-state index is -0.857. The molecular formula is C31H28FNO6. The van der Waals surface area contributed by atoms with Crippen LogP contribution < -0.4 is 14.2 Å². The Kier molecular flexibility index (Phi) is 6.46. The Labute approximate surface area is 225 Å². The van der Waals surface area contributed by atoms with Crippen LogP contribution in [0.5, 0.6) is 17.2 Å². The SMILES string of the molecule is Cc1cc(OCc2ncco2)cc(C)c1-c1ccc(F)c2c1CC[C@H]2Oc1ccc2c(c1)OC[C@H]2CC(=O)O. The van der Waals surface area contributed by atoms with Crippen molar-refractivity contribution in [3.63, 3.8) is 0 Å². The molecule has 1 aliphatic carbocycles. The van der Waals surface area contributed by atoms with E-state index in [2.05, 4.69) is 4.98 Å². The third-order valence-electron chi connectivity index (χ3n) is 7.47. The molecule has 4 aromatic rings. The molecule has 0 saturated heterocycles. The third kappa shape index (κ3) is 4.82. The minimum Gasteiger partial charge on any atom is -0.492 e. The number of aliphatic carboxylic acids is 1. The topological polar surface area (TPSA) is 91.0 Å². The number of nitrogens with zero attached hydrogens (tertiary/aromatic N) is 1. The molecular weight excluding hydrogens is 501 g/mol. The van der Waals surface area contributed by atoms with Gasteiger partial charge in [0, 0.05) is 23.1 Å². The number of hydrogen-bond donors (Lipinski definition) is 1. The number of halogens is 1. The number of aryl methyl sites for hydroxylation is 2. The summed E-state index contributed by atoms with van der Waals surface area (Å²) in [6.07, 6.45) is 4.03. The van der Waals surface area contributed by atoms with Crippen molar-refractivity contribution in [1.82, 2.24) is 4.98 Å². The third-order valence-corrected chi connectivity index (χ3v) is 7.47. The van der Waals surface area contributed by atoms with Crippen LogP contribution >= 0.6 is 0 Å². The van der Waals surface area contributed by atoms with Gasteiger partial charge >= 0.3 is 5.97 Å². The van der Waals surface area contributed by atoms with Crippen molar-refractivity contribution in [3.05, 3.63) is 94.4 Å². The molecule has 6 rings (SSSR count). The second-order valence-electron chi connectivity index (χ2n) is 10.1. The monoisotopic (exact) mass is 529 g/mol. The maximum absolute atomic E-state index is 15.2. The van der Waals surface area contributed by atoms with Crippen molar-refractivity contribution in [1.29, 1.82) is 0 Å². The van der Waals surface area contributed by atoms with Gasteiger partial charge in [0.2, 0.25) is 5.89 Å². The molecule has 8 heteroatoms. The van der Waals surface area contributed by atoms with E-state index in [1.807, 2.05) is 44.2 Å². The van der Waals surface area contributed by atoms with E-state index >= 15 is 4.39 Å². The van der Waals surface area contributed by atoms with E-state index in [1.165, 1.54) is 12.3 Å². The minimum absolute atomic E-state index is 0.0182. The number of fused-ring (bicyclic) bond motifs is 2. The molecule has 0 fully saturated rings. The van der Waals surface area contributed by atoms with Crippen molar-refractivity contribution in [2.24, 2.45) is 0 Å². The lowest BCUT2D eigenvalue weighted by Crippen LogP contribution is -2.07. The first kappa shape index (κ1) is 25.0. The summed E-state index contributed by atoms with van der Waals surface area (Å²) in [6, 6.07) is 12.8. The van der Waals surface area contributed by atoms with Gasteiger partial charge in [-0.1, -0.05) is 12.1 Å². The zero-order valence-corrected chi connectivity index (χ0v) is 21.7. The van der Waals surface area contributed by atoms with Gasteiger partial charge in [0.15, 0.2) is 6.61 Å². The molecule has 200 valence electrons. The van der Waals surface area contributed by atoms with Crippen LogP contribution in [0.1, 0.15) is 58.6 Å². The highest BCUT2D eigenvalue weighted by atomic mass is 19.1. The Morgan fingerprint density at radius 1 is 1.13 bits per heavy atom. The summed E-state index contributed by atoms with van der Waals surface area (Å²) in [5.74, 6) is 1.11. The summed E-state index contributed by atoms with van der Waals surface area (Å²) < 4.78 is 38.4. The van der Waals surface area contributed by atoms with Gasteiger partial charge in [-0.3, -0.25) is 4.79 Å². The largest absolute Gasteiger partial charge is 0.492 e. The predicted molar refractivity (Wildman–Crippen MR) is 141 cm³/mol. The molecule has 7 nitrogen and oxygen atoms in total. The number of hydrogen-bond acceptors (Lipinski definition) is 6. The molecule has 0 spiro atoms. The number of carboxylic acid groups (broad SMARTS) is 1. The average molecular weight is 530 g/mol. The summed E-state index contributed by atoms with van der Waals surface area (Å²) in [5.41, 5.74) is 6.53. The summed E-state index contributed by atoms with van der Waals surface area (Å²) in [5, 5.41) is 9.15. The van der Waals surface area contributed by atoms with Gasteiger partial charge in [-0.05, 0) is 78.8 Å². The van der Waals surface area contributed by atoms with E-state index in [1.54, 1.807) is 12.3 Å². The fourth-order valence-electron chi connectivity index (χ4n) is 5.80. The van der Waals surface area contributed by atoms with Crippen molar-refractivity contribution < 1.29 is 32.9 Å². The van der Waals surface area contributed by atoms with Gasteiger partial charge in [-0.2, -0.15) is 0 Å². The number of ether oxygens (including phenoxy) is 3. The summed E-state index contributed by atoms with van der Waals surface area (Å²) in [7, 11) is 0. The normalized spacial score (nSPS) is 17.4.